The standard InChI is InChI=1S/C21H14F4N4O2/c1-12-18(11-26-19(27-12)14-3-2-4-16(22)9-14)31-20(30)28-29-8-7-13-5-6-15(10-17(13)29)21(23,24)25/h2-11H,1H3,(H,28,30). The second-order valence-electron chi connectivity index (χ2n) is 6.61. The molecule has 0 unspecified atom stereocenters. The van der Waals surface area contributed by atoms with Crippen LogP contribution in [0.4, 0.5) is 22.4 Å². The Kier molecular flexibility index (Phi) is 5.05. The van der Waals surface area contributed by atoms with E-state index in [0.29, 0.717) is 16.6 Å². The van der Waals surface area contributed by atoms with Gasteiger partial charge in [-0.05, 0) is 37.3 Å². The van der Waals surface area contributed by atoms with Gasteiger partial charge in [-0.25, -0.2) is 24.6 Å². The summed E-state index contributed by atoms with van der Waals surface area (Å²) in [6.07, 6.45) is -2.79. The van der Waals surface area contributed by atoms with E-state index in [2.05, 4.69) is 15.4 Å². The molecule has 0 aliphatic carbocycles. The maximum Gasteiger partial charge on any atom is 0.432 e. The van der Waals surface area contributed by atoms with E-state index in [1.165, 1.54) is 36.7 Å². The van der Waals surface area contributed by atoms with Crippen LogP contribution in [0.15, 0.2) is 60.9 Å². The van der Waals surface area contributed by atoms with Crippen LogP contribution in [0.1, 0.15) is 11.3 Å². The number of fused-ring (bicyclic) bond motifs is 1. The summed E-state index contributed by atoms with van der Waals surface area (Å²) in [6, 6.07) is 10.5. The predicted octanol–water partition coefficient (Wildman–Crippen LogP) is 5.31. The van der Waals surface area contributed by atoms with E-state index in [1.54, 1.807) is 19.1 Å². The fourth-order valence-corrected chi connectivity index (χ4v) is 2.95. The second kappa shape index (κ2) is 7.71. The average Bonchev–Trinajstić information content (AvgIpc) is 3.11. The van der Waals surface area contributed by atoms with Crippen LogP contribution in [0.2, 0.25) is 0 Å². The lowest BCUT2D eigenvalue weighted by molar-refractivity contribution is -0.137. The molecule has 0 fully saturated rings. The number of nitrogens with one attached hydrogen (secondary N) is 1. The van der Waals surface area contributed by atoms with Gasteiger partial charge in [0.2, 0.25) is 0 Å². The van der Waals surface area contributed by atoms with Gasteiger partial charge in [0.15, 0.2) is 11.6 Å². The Morgan fingerprint density at radius 1 is 1.13 bits per heavy atom. The van der Waals surface area contributed by atoms with Crippen LogP contribution in [0, 0.1) is 12.7 Å². The van der Waals surface area contributed by atoms with E-state index in [4.69, 9.17) is 4.74 Å². The number of hydrogen-bond acceptors (Lipinski definition) is 4. The molecule has 0 saturated carbocycles. The van der Waals surface area contributed by atoms with Gasteiger partial charge in [-0.2, -0.15) is 13.2 Å². The molecule has 1 amide bonds. The van der Waals surface area contributed by atoms with E-state index in [-0.39, 0.29) is 17.1 Å². The largest absolute Gasteiger partial charge is 0.432 e. The molecule has 4 rings (SSSR count). The monoisotopic (exact) mass is 430 g/mol. The van der Waals surface area contributed by atoms with Crippen molar-refractivity contribution in [3.8, 4) is 17.1 Å². The van der Waals surface area contributed by atoms with Crippen LogP contribution in [0.3, 0.4) is 0 Å². The maximum atomic E-state index is 13.4. The fraction of sp³-hybridized carbons (Fsp3) is 0.0952. The molecule has 10 heteroatoms. The number of ether oxygens (including phenoxy) is 1. The van der Waals surface area contributed by atoms with Crippen molar-refractivity contribution in [3.05, 3.63) is 78.0 Å². The molecule has 31 heavy (non-hydrogen) atoms. The molecule has 0 aliphatic rings. The van der Waals surface area contributed by atoms with Gasteiger partial charge in [0.25, 0.3) is 0 Å². The minimum absolute atomic E-state index is 0.0464. The Morgan fingerprint density at radius 3 is 2.65 bits per heavy atom. The lowest BCUT2D eigenvalue weighted by Gasteiger charge is -2.12. The van der Waals surface area contributed by atoms with Gasteiger partial charge in [0, 0.05) is 17.1 Å². The van der Waals surface area contributed by atoms with E-state index in [1.807, 2.05) is 0 Å². The van der Waals surface area contributed by atoms with Crippen molar-refractivity contribution in [2.75, 3.05) is 5.43 Å². The summed E-state index contributed by atoms with van der Waals surface area (Å²) in [6.45, 7) is 1.58. The van der Waals surface area contributed by atoms with Crippen molar-refractivity contribution >= 4 is 17.0 Å². The number of alkyl halides is 3. The van der Waals surface area contributed by atoms with Crippen molar-refractivity contribution < 1.29 is 27.1 Å². The molecule has 0 radical (unpaired) electrons. The first kappa shape index (κ1) is 20.3. The highest BCUT2D eigenvalue weighted by molar-refractivity contribution is 5.85. The topological polar surface area (TPSA) is 69.0 Å². The molecule has 0 bridgehead atoms. The summed E-state index contributed by atoms with van der Waals surface area (Å²) in [5.74, 6) is -0.142. The number of carbonyl (C=O) groups is 1. The second-order valence-corrected chi connectivity index (χ2v) is 6.61. The number of amides is 1. The molecule has 4 aromatic rings. The average molecular weight is 430 g/mol. The summed E-state index contributed by atoms with van der Waals surface area (Å²) in [5, 5.41) is 0.507. The lowest BCUT2D eigenvalue weighted by Crippen LogP contribution is -2.25. The van der Waals surface area contributed by atoms with Gasteiger partial charge in [0.05, 0.1) is 23.0 Å². The van der Waals surface area contributed by atoms with Gasteiger partial charge in [-0.1, -0.05) is 18.2 Å². The third-order valence-corrected chi connectivity index (χ3v) is 4.45. The number of aromatic nitrogens is 3. The number of carbonyl (C=O) groups excluding carboxylic acids is 1. The molecule has 158 valence electrons. The van der Waals surface area contributed by atoms with Crippen molar-refractivity contribution in [1.82, 2.24) is 14.6 Å². The van der Waals surface area contributed by atoms with Crippen molar-refractivity contribution in [1.29, 1.82) is 0 Å². The summed E-state index contributed by atoms with van der Waals surface area (Å²) >= 11 is 0. The molecular weight excluding hydrogens is 416 g/mol. The SMILES string of the molecule is Cc1nc(-c2cccc(F)c2)ncc1OC(=O)Nn1ccc2ccc(C(F)(F)F)cc21. The summed E-state index contributed by atoms with van der Waals surface area (Å²) in [7, 11) is 0. The number of halogens is 4. The number of nitrogens with zero attached hydrogens (tertiary/aromatic N) is 3. The van der Waals surface area contributed by atoms with Gasteiger partial charge in [0.1, 0.15) is 5.82 Å². The predicted molar refractivity (Wildman–Crippen MR) is 104 cm³/mol. The summed E-state index contributed by atoms with van der Waals surface area (Å²) < 4.78 is 58.6. The van der Waals surface area contributed by atoms with Crippen LogP contribution >= 0.6 is 0 Å². The first-order valence-electron chi connectivity index (χ1n) is 8.97. The van der Waals surface area contributed by atoms with Gasteiger partial charge < -0.3 is 4.74 Å². The highest BCUT2D eigenvalue weighted by Gasteiger charge is 2.30. The third kappa shape index (κ3) is 4.32. The quantitative estimate of drug-likeness (QED) is 0.448. The van der Waals surface area contributed by atoms with Crippen LogP contribution in [-0.2, 0) is 6.18 Å². The van der Waals surface area contributed by atoms with Gasteiger partial charge >= 0.3 is 12.3 Å². The molecule has 0 aliphatic heterocycles. The molecule has 0 spiro atoms. The normalized spacial score (nSPS) is 11.5. The van der Waals surface area contributed by atoms with Crippen LogP contribution in [0.5, 0.6) is 5.75 Å². The zero-order valence-electron chi connectivity index (χ0n) is 15.9. The van der Waals surface area contributed by atoms with Crippen LogP contribution in [-0.4, -0.2) is 20.7 Å². The first-order chi connectivity index (χ1) is 14.7. The van der Waals surface area contributed by atoms with Crippen LogP contribution in [0.25, 0.3) is 22.3 Å². The van der Waals surface area contributed by atoms with E-state index < -0.39 is 23.7 Å². The molecule has 1 N–H and O–H groups in total. The number of rotatable bonds is 3. The van der Waals surface area contributed by atoms with Crippen molar-refractivity contribution in [2.24, 2.45) is 0 Å². The maximum absolute atomic E-state index is 13.4. The highest BCUT2D eigenvalue weighted by Crippen LogP contribution is 2.31. The van der Waals surface area contributed by atoms with Crippen LogP contribution < -0.4 is 10.2 Å². The minimum atomic E-state index is -4.51. The third-order valence-electron chi connectivity index (χ3n) is 4.45. The minimum Gasteiger partial charge on any atom is -0.406 e. The molecule has 2 heterocycles. The summed E-state index contributed by atoms with van der Waals surface area (Å²) in [5.41, 5.74) is 2.45. The molecular formula is C21H14F4N4O2. The Bertz CT molecular complexity index is 1280. The Morgan fingerprint density at radius 2 is 1.94 bits per heavy atom. The Balaban J connectivity index is 1.53. The van der Waals surface area contributed by atoms with Crippen molar-refractivity contribution in [2.45, 2.75) is 13.1 Å². The molecule has 2 aromatic carbocycles. The smallest absolute Gasteiger partial charge is 0.406 e. The molecule has 6 nitrogen and oxygen atoms in total. The zero-order chi connectivity index (χ0) is 22.2. The number of benzene rings is 2. The highest BCUT2D eigenvalue weighted by atomic mass is 19.4. The zero-order valence-corrected chi connectivity index (χ0v) is 15.9. The van der Waals surface area contributed by atoms with Gasteiger partial charge in [-0.3, -0.25) is 4.68 Å². The lowest BCUT2D eigenvalue weighted by atomic mass is 10.1. The molecule has 2 aromatic heterocycles. The van der Waals surface area contributed by atoms with E-state index in [9.17, 15) is 22.4 Å². The van der Waals surface area contributed by atoms with E-state index >= 15 is 0 Å². The molecule has 0 atom stereocenters. The fourth-order valence-electron chi connectivity index (χ4n) is 2.95. The van der Waals surface area contributed by atoms with Gasteiger partial charge in [-0.15, -0.1) is 0 Å². The number of hydrogen-bond donors (Lipinski definition) is 1. The Hall–Kier alpha value is -3.95. The number of aryl methyl sites for hydroxylation is 1. The molecule has 0 saturated heterocycles. The Labute approximate surface area is 173 Å². The first-order valence-corrected chi connectivity index (χ1v) is 8.97. The summed E-state index contributed by atoms with van der Waals surface area (Å²) in [4.78, 5) is 20.6. The van der Waals surface area contributed by atoms with E-state index in [0.717, 1.165) is 16.8 Å². The van der Waals surface area contributed by atoms with Crippen molar-refractivity contribution in [3.63, 3.8) is 0 Å².